The van der Waals surface area contributed by atoms with Crippen molar-refractivity contribution >= 4 is 28.6 Å². The molecule has 0 radical (unpaired) electrons. The van der Waals surface area contributed by atoms with Crippen molar-refractivity contribution in [2.45, 2.75) is 28.0 Å². The summed E-state index contributed by atoms with van der Waals surface area (Å²) in [5.74, 6) is 1.96. The van der Waals surface area contributed by atoms with Crippen LogP contribution in [0.15, 0.2) is 192 Å². The largest absolute Gasteiger partial charge is 0.208 e. The van der Waals surface area contributed by atoms with Crippen LogP contribution in [0.25, 0.3) is 73.3 Å². The van der Waals surface area contributed by atoms with E-state index >= 15 is 0 Å². The third-order valence-corrected chi connectivity index (χ3v) is 13.4. The summed E-state index contributed by atoms with van der Waals surface area (Å²) in [4.78, 5) is 18.1. The molecule has 1 atom stereocenters. The number of aryl methyl sites for hydroxylation is 1. The molecule has 1 unspecified atom stereocenters. The minimum Gasteiger partial charge on any atom is -0.208 e. The van der Waals surface area contributed by atoms with Crippen molar-refractivity contribution in [1.82, 2.24) is 15.0 Å². The molecule has 1 aliphatic heterocycles. The summed E-state index contributed by atoms with van der Waals surface area (Å²) in [6.45, 7) is 0. The van der Waals surface area contributed by atoms with Crippen LogP contribution in [-0.4, -0.2) is 15.0 Å². The number of benzene rings is 8. The van der Waals surface area contributed by atoms with E-state index in [4.69, 9.17) is 15.0 Å². The highest BCUT2D eigenvalue weighted by Crippen LogP contribution is 2.62. The average Bonchev–Trinajstić information content (AvgIpc) is 3.57. The minimum atomic E-state index is -0.524. The van der Waals surface area contributed by atoms with Crippen LogP contribution < -0.4 is 0 Å². The van der Waals surface area contributed by atoms with Crippen molar-refractivity contribution in [3.63, 3.8) is 0 Å². The number of aromatic nitrogens is 3. The molecule has 58 heavy (non-hydrogen) atoms. The van der Waals surface area contributed by atoms with Crippen LogP contribution in [0.5, 0.6) is 0 Å². The van der Waals surface area contributed by atoms with Gasteiger partial charge in [0.1, 0.15) is 0 Å². The molecule has 272 valence electrons. The molecule has 0 N–H and O–H groups in total. The Bertz CT molecular complexity index is 3150. The molecule has 12 rings (SSSR count). The van der Waals surface area contributed by atoms with Crippen LogP contribution in [0, 0.1) is 0 Å². The van der Waals surface area contributed by atoms with Crippen molar-refractivity contribution < 1.29 is 0 Å². The molecule has 0 amide bonds. The Balaban J connectivity index is 1.04. The highest BCUT2D eigenvalue weighted by molar-refractivity contribution is 7.99. The van der Waals surface area contributed by atoms with E-state index in [1.807, 2.05) is 30.0 Å². The first kappa shape index (κ1) is 33.3. The molecule has 3 nitrogen and oxygen atoms in total. The maximum atomic E-state index is 5.26. The molecular weight excluding hydrogens is 723 g/mol. The second-order valence-corrected chi connectivity index (χ2v) is 16.5. The zero-order valence-electron chi connectivity index (χ0n) is 31.6. The summed E-state index contributed by atoms with van der Waals surface area (Å²) in [7, 11) is 0. The monoisotopic (exact) mass is 757 g/mol. The Morgan fingerprint density at radius 2 is 1.03 bits per heavy atom. The number of nitrogens with zero attached hydrogens (tertiary/aromatic N) is 3. The number of hydrogen-bond acceptors (Lipinski definition) is 4. The number of fused-ring (bicyclic) bond motifs is 11. The van der Waals surface area contributed by atoms with Gasteiger partial charge in [-0.05, 0) is 116 Å². The van der Waals surface area contributed by atoms with E-state index < -0.39 is 5.41 Å². The Morgan fingerprint density at radius 3 is 1.86 bits per heavy atom. The van der Waals surface area contributed by atoms with E-state index in [-0.39, 0.29) is 0 Å². The number of allylic oxidation sites excluding steroid dienone is 1. The Labute approximate surface area is 341 Å². The van der Waals surface area contributed by atoms with Crippen molar-refractivity contribution in [3.8, 4) is 56.4 Å². The summed E-state index contributed by atoms with van der Waals surface area (Å²) < 4.78 is 0. The fourth-order valence-electron chi connectivity index (χ4n) is 9.49. The smallest absolute Gasteiger partial charge is 0.164 e. The van der Waals surface area contributed by atoms with E-state index in [2.05, 4.69) is 170 Å². The second kappa shape index (κ2) is 13.1. The van der Waals surface area contributed by atoms with Gasteiger partial charge in [-0.2, -0.15) is 0 Å². The van der Waals surface area contributed by atoms with Crippen molar-refractivity contribution in [2.75, 3.05) is 0 Å². The third-order valence-electron chi connectivity index (χ3n) is 12.2. The zero-order valence-corrected chi connectivity index (χ0v) is 32.4. The molecular formula is C54H35N3S. The van der Waals surface area contributed by atoms with E-state index in [1.165, 1.54) is 76.2 Å². The summed E-state index contributed by atoms with van der Waals surface area (Å²) in [6.07, 6.45) is 6.73. The molecule has 8 aromatic carbocycles. The lowest BCUT2D eigenvalue weighted by atomic mass is 9.67. The molecule has 0 saturated carbocycles. The van der Waals surface area contributed by atoms with E-state index in [1.54, 1.807) is 0 Å². The maximum absolute atomic E-state index is 5.26. The van der Waals surface area contributed by atoms with Crippen LogP contribution in [0.4, 0.5) is 0 Å². The topological polar surface area (TPSA) is 38.7 Å². The Hall–Kier alpha value is -6.88. The Kier molecular flexibility index (Phi) is 7.51. The van der Waals surface area contributed by atoms with Crippen LogP contribution in [0.1, 0.15) is 39.8 Å². The molecule has 9 aromatic rings. The lowest BCUT2D eigenvalue weighted by molar-refractivity contribution is 0.723. The van der Waals surface area contributed by atoms with Crippen LogP contribution in [0.2, 0.25) is 0 Å². The van der Waals surface area contributed by atoms with E-state index in [0.29, 0.717) is 17.5 Å². The first-order chi connectivity index (χ1) is 28.7. The van der Waals surface area contributed by atoms with Crippen molar-refractivity contribution in [1.29, 1.82) is 0 Å². The lowest BCUT2D eigenvalue weighted by Gasteiger charge is -2.40. The molecule has 2 aliphatic carbocycles. The average molecular weight is 758 g/mol. The lowest BCUT2D eigenvalue weighted by Crippen LogP contribution is -2.32. The van der Waals surface area contributed by atoms with Gasteiger partial charge in [-0.25, -0.2) is 15.0 Å². The third kappa shape index (κ3) is 5.11. The van der Waals surface area contributed by atoms with Gasteiger partial charge in [0, 0.05) is 26.5 Å². The summed E-state index contributed by atoms with van der Waals surface area (Å²) in [5, 5.41) is 2.49. The number of hydrogen-bond donors (Lipinski definition) is 0. The predicted molar refractivity (Wildman–Crippen MR) is 238 cm³/mol. The molecule has 4 heteroatoms. The minimum absolute atomic E-state index is 0.524. The summed E-state index contributed by atoms with van der Waals surface area (Å²) in [6, 6.07) is 64.1. The molecule has 1 spiro atoms. The molecule has 0 saturated heterocycles. The van der Waals surface area contributed by atoms with Gasteiger partial charge in [0.25, 0.3) is 0 Å². The van der Waals surface area contributed by atoms with Crippen molar-refractivity contribution in [3.05, 3.63) is 215 Å². The maximum Gasteiger partial charge on any atom is 0.164 e. The Morgan fingerprint density at radius 1 is 0.414 bits per heavy atom. The second-order valence-electron chi connectivity index (χ2n) is 15.5. The molecule has 2 heterocycles. The fraction of sp³-hybridized carbons (Fsp3) is 0.0556. The van der Waals surface area contributed by atoms with Gasteiger partial charge in [-0.3, -0.25) is 0 Å². The first-order valence-corrected chi connectivity index (χ1v) is 20.8. The standard InChI is InChI=1S/C54H35N3S/c1-2-13-36(14-3-1)51-55-52(37-25-22-35(23-26-37)41-27-24-34-12-4-5-15-38(34)30-41)57-53(56-51)42-28-29-50-48(33-42)54(46-20-10-11-21-49(46)58-50)45-19-9-8-18-43(45)44-31-39-16-6-7-17-40(39)32-47(44)54/h1-3,5-11,13-33H,4,12H2. The molecule has 0 fully saturated rings. The predicted octanol–water partition coefficient (Wildman–Crippen LogP) is 13.5. The highest BCUT2D eigenvalue weighted by atomic mass is 32.2. The molecule has 0 bridgehead atoms. The van der Waals surface area contributed by atoms with Gasteiger partial charge in [-0.1, -0.05) is 163 Å². The van der Waals surface area contributed by atoms with Crippen LogP contribution >= 0.6 is 11.8 Å². The van der Waals surface area contributed by atoms with E-state index in [0.717, 1.165) is 29.5 Å². The highest BCUT2D eigenvalue weighted by Gasteiger charge is 2.50. The van der Waals surface area contributed by atoms with Gasteiger partial charge in [-0.15, -0.1) is 0 Å². The van der Waals surface area contributed by atoms with Gasteiger partial charge in [0.15, 0.2) is 17.5 Å². The SMILES string of the molecule is C1=Cc2cc(-c3ccc(-c4nc(-c5ccccc5)nc(-c5ccc6c(c5)C5(c7ccccc7S6)c6ccccc6-c6cc7ccccc7cc65)n4)cc3)ccc2CC1. The molecule has 1 aromatic heterocycles. The quantitative estimate of drug-likeness (QED) is 0.179. The number of rotatable bonds is 4. The van der Waals surface area contributed by atoms with Crippen LogP contribution in [-0.2, 0) is 11.8 Å². The first-order valence-electron chi connectivity index (χ1n) is 20.0. The van der Waals surface area contributed by atoms with Gasteiger partial charge >= 0.3 is 0 Å². The van der Waals surface area contributed by atoms with Gasteiger partial charge < -0.3 is 0 Å². The summed E-state index contributed by atoms with van der Waals surface area (Å²) in [5.41, 5.74) is 15.2. The van der Waals surface area contributed by atoms with E-state index in [9.17, 15) is 0 Å². The molecule has 3 aliphatic rings. The summed E-state index contributed by atoms with van der Waals surface area (Å²) >= 11 is 1.85. The normalized spacial score (nSPS) is 15.7. The van der Waals surface area contributed by atoms with Crippen LogP contribution in [0.3, 0.4) is 0 Å². The zero-order chi connectivity index (χ0) is 38.2. The van der Waals surface area contributed by atoms with Gasteiger partial charge in [0.2, 0.25) is 0 Å². The van der Waals surface area contributed by atoms with Crippen molar-refractivity contribution in [2.24, 2.45) is 0 Å². The van der Waals surface area contributed by atoms with Gasteiger partial charge in [0.05, 0.1) is 5.41 Å². The fourth-order valence-corrected chi connectivity index (χ4v) is 10.7.